The molecule has 1 aliphatic heterocycles. The van der Waals surface area contributed by atoms with Crippen LogP contribution in [0.5, 0.6) is 5.75 Å². The molecule has 1 fully saturated rings. The van der Waals surface area contributed by atoms with E-state index in [2.05, 4.69) is 4.98 Å². The number of amides is 1. The number of ether oxygens (including phenoxy) is 3. The number of hydrogen-bond acceptors (Lipinski definition) is 6. The quantitative estimate of drug-likeness (QED) is 0.473. The maximum Gasteiger partial charge on any atom is 0.339 e. The molecule has 1 atom stereocenters. The number of H-pyrrole nitrogens is 1. The van der Waals surface area contributed by atoms with Gasteiger partial charge in [-0.15, -0.1) is 0 Å². The minimum atomic E-state index is -0.579. The van der Waals surface area contributed by atoms with Crippen molar-refractivity contribution in [3.8, 4) is 5.75 Å². The van der Waals surface area contributed by atoms with E-state index in [1.54, 1.807) is 18.9 Å². The van der Waals surface area contributed by atoms with Crippen molar-refractivity contribution in [3.05, 3.63) is 52.3 Å². The van der Waals surface area contributed by atoms with Crippen molar-refractivity contribution in [2.24, 2.45) is 0 Å². The lowest BCUT2D eigenvalue weighted by Gasteiger charge is -2.26. The molecule has 32 heavy (non-hydrogen) atoms. The Morgan fingerprint density at radius 1 is 1.22 bits per heavy atom. The molecule has 2 aromatic rings. The number of aromatic nitrogens is 1. The maximum absolute atomic E-state index is 13.4. The van der Waals surface area contributed by atoms with E-state index in [1.807, 2.05) is 24.3 Å². The van der Waals surface area contributed by atoms with Crippen molar-refractivity contribution in [2.75, 3.05) is 27.4 Å². The van der Waals surface area contributed by atoms with Gasteiger partial charge in [0.1, 0.15) is 5.75 Å². The molecule has 1 aromatic heterocycles. The Morgan fingerprint density at radius 2 is 1.97 bits per heavy atom. The third-order valence-corrected chi connectivity index (χ3v) is 5.75. The summed E-state index contributed by atoms with van der Waals surface area (Å²) in [6.07, 6.45) is 1.75. The molecule has 0 spiro atoms. The first-order chi connectivity index (χ1) is 15.3. The summed E-state index contributed by atoms with van der Waals surface area (Å²) in [7, 11) is 2.87. The summed E-state index contributed by atoms with van der Waals surface area (Å²) in [5.41, 5.74) is 2.29. The molecule has 8 nitrogen and oxygen atoms in total. The number of para-hydroxylation sites is 1. The van der Waals surface area contributed by atoms with Crippen LogP contribution in [0.1, 0.15) is 57.4 Å². The molecular formula is C24H30N2O6. The number of benzene rings is 1. The fourth-order valence-corrected chi connectivity index (χ4v) is 4.11. The lowest BCUT2D eigenvalue weighted by Crippen LogP contribution is -2.38. The molecular weight excluding hydrogens is 412 g/mol. The summed E-state index contributed by atoms with van der Waals surface area (Å²) >= 11 is 0. The number of aromatic amines is 1. The molecule has 1 saturated heterocycles. The summed E-state index contributed by atoms with van der Waals surface area (Å²) in [6.45, 7) is 4.55. The van der Waals surface area contributed by atoms with Gasteiger partial charge in [-0.3, -0.25) is 9.59 Å². The highest BCUT2D eigenvalue weighted by Crippen LogP contribution is 2.24. The monoisotopic (exact) mass is 442 g/mol. The molecule has 8 heteroatoms. The van der Waals surface area contributed by atoms with Crippen LogP contribution in [0.25, 0.3) is 0 Å². The second kappa shape index (κ2) is 10.5. The van der Waals surface area contributed by atoms with Crippen molar-refractivity contribution in [3.63, 3.8) is 0 Å². The number of Topliss-reactive ketones (excluding diaryl/α,β-unsaturated/α-hetero) is 1. The Hall–Kier alpha value is -3.13. The molecule has 1 aromatic carbocycles. The van der Waals surface area contributed by atoms with E-state index in [1.165, 1.54) is 14.0 Å². The highest BCUT2D eigenvalue weighted by atomic mass is 16.5. The number of nitrogens with zero attached hydrogens (tertiary/aromatic N) is 1. The largest absolute Gasteiger partial charge is 0.496 e. The van der Waals surface area contributed by atoms with Gasteiger partial charge in [0, 0.05) is 37.9 Å². The van der Waals surface area contributed by atoms with Crippen LogP contribution in [0.2, 0.25) is 0 Å². The van der Waals surface area contributed by atoms with E-state index in [9.17, 15) is 14.4 Å². The number of ketones is 1. The Kier molecular flexibility index (Phi) is 7.69. The van der Waals surface area contributed by atoms with Crippen molar-refractivity contribution in [1.29, 1.82) is 0 Å². The van der Waals surface area contributed by atoms with Gasteiger partial charge in [-0.1, -0.05) is 18.2 Å². The van der Waals surface area contributed by atoms with Crippen LogP contribution in [-0.4, -0.2) is 61.0 Å². The normalized spacial score (nSPS) is 15.4. The van der Waals surface area contributed by atoms with E-state index < -0.39 is 5.97 Å². The average Bonchev–Trinajstić information content (AvgIpc) is 3.40. The Balaban J connectivity index is 1.90. The molecule has 1 N–H and O–H groups in total. The van der Waals surface area contributed by atoms with E-state index in [4.69, 9.17) is 14.2 Å². The van der Waals surface area contributed by atoms with Gasteiger partial charge in [-0.05, 0) is 31.4 Å². The van der Waals surface area contributed by atoms with Gasteiger partial charge in [0.25, 0.3) is 0 Å². The zero-order valence-corrected chi connectivity index (χ0v) is 19.0. The fourth-order valence-electron chi connectivity index (χ4n) is 4.11. The highest BCUT2D eigenvalue weighted by Gasteiger charge is 2.28. The van der Waals surface area contributed by atoms with Gasteiger partial charge in [0.15, 0.2) is 5.78 Å². The third-order valence-electron chi connectivity index (χ3n) is 5.75. The smallest absolute Gasteiger partial charge is 0.339 e. The number of carbonyl (C=O) groups is 3. The van der Waals surface area contributed by atoms with Crippen LogP contribution >= 0.6 is 0 Å². The molecule has 0 saturated carbocycles. The zero-order valence-electron chi connectivity index (χ0n) is 19.0. The van der Waals surface area contributed by atoms with Crippen LogP contribution in [0.3, 0.4) is 0 Å². The van der Waals surface area contributed by atoms with Crippen LogP contribution in [0.15, 0.2) is 24.3 Å². The lowest BCUT2D eigenvalue weighted by atomic mass is 10.1. The molecule has 1 aliphatic rings. The van der Waals surface area contributed by atoms with Gasteiger partial charge < -0.3 is 24.1 Å². The van der Waals surface area contributed by atoms with Crippen LogP contribution < -0.4 is 4.74 Å². The van der Waals surface area contributed by atoms with E-state index in [0.29, 0.717) is 42.4 Å². The molecule has 0 aliphatic carbocycles. The van der Waals surface area contributed by atoms with Gasteiger partial charge in [0.2, 0.25) is 5.91 Å². The summed E-state index contributed by atoms with van der Waals surface area (Å²) in [5, 5.41) is 0. The van der Waals surface area contributed by atoms with E-state index >= 15 is 0 Å². The molecule has 3 rings (SSSR count). The second-order valence-electron chi connectivity index (χ2n) is 7.92. The molecule has 0 bridgehead atoms. The first-order valence-corrected chi connectivity index (χ1v) is 10.7. The SMILES string of the molecule is COC(=O)c1c(CC(=O)N(Cc2ccccc2OC)CC2CCCO2)[nH]c(C(C)=O)c1C. The van der Waals surface area contributed by atoms with Crippen molar-refractivity contribution in [1.82, 2.24) is 9.88 Å². The predicted octanol–water partition coefficient (Wildman–Crippen LogP) is 3.07. The van der Waals surface area contributed by atoms with Crippen molar-refractivity contribution in [2.45, 2.75) is 45.8 Å². The number of esters is 1. The number of carbonyl (C=O) groups excluding carboxylic acids is 3. The Bertz CT molecular complexity index is 990. The van der Waals surface area contributed by atoms with Crippen molar-refractivity contribution < 1.29 is 28.6 Å². The molecule has 1 amide bonds. The predicted molar refractivity (Wildman–Crippen MR) is 118 cm³/mol. The average molecular weight is 443 g/mol. The molecule has 0 radical (unpaired) electrons. The summed E-state index contributed by atoms with van der Waals surface area (Å²) in [6, 6.07) is 7.55. The Morgan fingerprint density at radius 3 is 2.59 bits per heavy atom. The number of nitrogens with one attached hydrogen (secondary N) is 1. The lowest BCUT2D eigenvalue weighted by molar-refractivity contribution is -0.132. The first kappa shape index (κ1) is 23.5. The van der Waals surface area contributed by atoms with Gasteiger partial charge >= 0.3 is 5.97 Å². The first-order valence-electron chi connectivity index (χ1n) is 10.7. The van der Waals surface area contributed by atoms with Gasteiger partial charge in [-0.25, -0.2) is 4.79 Å². The maximum atomic E-state index is 13.4. The summed E-state index contributed by atoms with van der Waals surface area (Å²) < 4.78 is 16.1. The summed E-state index contributed by atoms with van der Waals surface area (Å²) in [4.78, 5) is 42.5. The molecule has 172 valence electrons. The molecule has 2 heterocycles. The number of methoxy groups -OCH3 is 2. The van der Waals surface area contributed by atoms with Crippen LogP contribution in [-0.2, 0) is 27.2 Å². The minimum absolute atomic E-state index is 0.0353. The zero-order chi connectivity index (χ0) is 23.3. The van der Waals surface area contributed by atoms with Gasteiger partial charge in [-0.2, -0.15) is 0 Å². The Labute approximate surface area is 187 Å². The standard InChI is InChI=1S/C24H30N2O6/c1-15-22(24(29)31-4)19(25-23(15)16(2)27)12-21(28)26(14-18-9-7-11-32-18)13-17-8-5-6-10-20(17)30-3/h5-6,8,10,18,25H,7,9,11-14H2,1-4H3. The summed E-state index contributed by atoms with van der Waals surface area (Å²) in [5.74, 6) is -0.281. The van der Waals surface area contributed by atoms with Crippen molar-refractivity contribution >= 4 is 17.7 Å². The number of rotatable bonds is 9. The van der Waals surface area contributed by atoms with Crippen LogP contribution in [0.4, 0.5) is 0 Å². The number of hydrogen-bond donors (Lipinski definition) is 1. The second-order valence-corrected chi connectivity index (χ2v) is 7.92. The third kappa shape index (κ3) is 5.19. The van der Waals surface area contributed by atoms with Crippen LogP contribution in [0, 0.1) is 6.92 Å². The molecule has 1 unspecified atom stereocenters. The topological polar surface area (TPSA) is 97.9 Å². The minimum Gasteiger partial charge on any atom is -0.496 e. The fraction of sp³-hybridized carbons (Fsp3) is 0.458. The highest BCUT2D eigenvalue weighted by molar-refractivity contribution is 6.01. The van der Waals surface area contributed by atoms with E-state index in [0.717, 1.165) is 18.4 Å². The van der Waals surface area contributed by atoms with E-state index in [-0.39, 0.29) is 29.8 Å². The van der Waals surface area contributed by atoms with Gasteiger partial charge in [0.05, 0.1) is 38.0 Å².